The van der Waals surface area contributed by atoms with Crippen molar-refractivity contribution in [2.45, 2.75) is 51.6 Å². The molecule has 2 fully saturated rings. The summed E-state index contributed by atoms with van der Waals surface area (Å²) in [5, 5.41) is 2.88. The van der Waals surface area contributed by atoms with Gasteiger partial charge in [-0.05, 0) is 45.7 Å². The molecule has 1 atom stereocenters. The second-order valence-electron chi connectivity index (χ2n) is 7.45. The fraction of sp³-hybridized carbons (Fsp3) is 0.722. The lowest BCUT2D eigenvalue weighted by molar-refractivity contribution is -0.144. The van der Waals surface area contributed by atoms with E-state index in [0.29, 0.717) is 37.9 Å². The number of carbonyl (C=O) groups is 2. The second-order valence-corrected chi connectivity index (χ2v) is 7.45. The van der Waals surface area contributed by atoms with Crippen molar-refractivity contribution < 1.29 is 9.59 Å². The van der Waals surface area contributed by atoms with Gasteiger partial charge in [0.25, 0.3) is 0 Å². The molecule has 2 aliphatic rings. The molecule has 0 radical (unpaired) electrons. The molecule has 0 aliphatic carbocycles. The topological polar surface area (TPSA) is 81.3 Å². The highest BCUT2D eigenvalue weighted by Gasteiger charge is 2.34. The number of H-pyrrole nitrogens is 1. The van der Waals surface area contributed by atoms with E-state index in [1.54, 1.807) is 17.4 Å². The standard InChI is InChI=1S/C18H29N5O2/c1-13(2)22-6-3-14(4-7-22)9-17(24)23-8-5-20-18(25)16(23)10-15-11-19-12-21-15/h11-14,16H,3-10H2,1-2H3,(H,19,21)(H,20,25)/t16-/m1/s1. The van der Waals surface area contributed by atoms with Crippen molar-refractivity contribution in [1.82, 2.24) is 25.1 Å². The zero-order chi connectivity index (χ0) is 17.8. The van der Waals surface area contributed by atoms with E-state index in [4.69, 9.17) is 0 Å². The highest BCUT2D eigenvalue weighted by molar-refractivity contribution is 5.89. The van der Waals surface area contributed by atoms with Crippen LogP contribution in [0.3, 0.4) is 0 Å². The van der Waals surface area contributed by atoms with Crippen molar-refractivity contribution in [3.63, 3.8) is 0 Å². The van der Waals surface area contributed by atoms with Crippen molar-refractivity contribution in [2.75, 3.05) is 26.2 Å². The molecule has 2 N–H and O–H groups in total. The monoisotopic (exact) mass is 347 g/mol. The predicted octanol–water partition coefficient (Wildman–Crippen LogP) is 0.790. The van der Waals surface area contributed by atoms with Gasteiger partial charge in [0.2, 0.25) is 11.8 Å². The molecule has 1 aromatic heterocycles. The van der Waals surface area contributed by atoms with E-state index in [1.165, 1.54) is 0 Å². The van der Waals surface area contributed by atoms with Crippen LogP contribution in [0.1, 0.15) is 38.8 Å². The molecule has 138 valence electrons. The van der Waals surface area contributed by atoms with Crippen molar-refractivity contribution >= 4 is 11.8 Å². The highest BCUT2D eigenvalue weighted by atomic mass is 16.2. The maximum atomic E-state index is 12.9. The van der Waals surface area contributed by atoms with Crippen molar-refractivity contribution in [2.24, 2.45) is 5.92 Å². The maximum Gasteiger partial charge on any atom is 0.243 e. The average molecular weight is 347 g/mol. The number of rotatable bonds is 5. The van der Waals surface area contributed by atoms with Gasteiger partial charge in [0, 0.05) is 43.9 Å². The summed E-state index contributed by atoms with van der Waals surface area (Å²) in [4.78, 5) is 36.4. The minimum absolute atomic E-state index is 0.0659. The minimum atomic E-state index is -0.433. The van der Waals surface area contributed by atoms with E-state index in [9.17, 15) is 9.59 Å². The number of imidazole rings is 1. The largest absolute Gasteiger partial charge is 0.353 e. The fourth-order valence-corrected chi connectivity index (χ4v) is 3.86. The van der Waals surface area contributed by atoms with Crippen LogP contribution in [0.15, 0.2) is 12.5 Å². The van der Waals surface area contributed by atoms with Gasteiger partial charge in [-0.15, -0.1) is 0 Å². The number of likely N-dealkylation sites (tertiary alicyclic amines) is 1. The van der Waals surface area contributed by atoms with Crippen LogP contribution >= 0.6 is 0 Å². The van der Waals surface area contributed by atoms with E-state index < -0.39 is 6.04 Å². The molecular formula is C18H29N5O2. The molecule has 0 spiro atoms. The number of piperazine rings is 1. The molecule has 0 aromatic carbocycles. The number of aromatic nitrogens is 2. The minimum Gasteiger partial charge on any atom is -0.353 e. The SMILES string of the molecule is CC(C)N1CCC(CC(=O)N2CCNC(=O)[C@H]2Cc2cnc[nH]2)CC1. The summed E-state index contributed by atoms with van der Waals surface area (Å²) in [7, 11) is 0. The predicted molar refractivity (Wildman–Crippen MR) is 94.9 cm³/mol. The first kappa shape index (κ1) is 17.9. The Morgan fingerprint density at radius 3 is 2.72 bits per heavy atom. The van der Waals surface area contributed by atoms with Gasteiger partial charge in [-0.3, -0.25) is 9.59 Å². The number of nitrogens with zero attached hydrogens (tertiary/aromatic N) is 3. The molecule has 0 saturated carbocycles. The van der Waals surface area contributed by atoms with E-state index in [-0.39, 0.29) is 11.8 Å². The molecule has 25 heavy (non-hydrogen) atoms. The average Bonchev–Trinajstić information content (AvgIpc) is 3.10. The smallest absolute Gasteiger partial charge is 0.243 e. The molecule has 3 rings (SSSR count). The molecule has 2 saturated heterocycles. The Bertz CT molecular complexity index is 578. The molecule has 0 bridgehead atoms. The first-order valence-corrected chi connectivity index (χ1v) is 9.33. The lowest BCUT2D eigenvalue weighted by Crippen LogP contribution is -2.58. The van der Waals surface area contributed by atoms with E-state index in [0.717, 1.165) is 31.6 Å². The Hall–Kier alpha value is -1.89. The number of hydrogen-bond acceptors (Lipinski definition) is 4. The summed E-state index contributed by atoms with van der Waals surface area (Å²) in [6.45, 7) is 7.70. The Balaban J connectivity index is 1.58. The number of hydrogen-bond donors (Lipinski definition) is 2. The molecule has 7 nitrogen and oxygen atoms in total. The maximum absolute atomic E-state index is 12.9. The summed E-state index contributed by atoms with van der Waals surface area (Å²) in [5.41, 5.74) is 0.880. The molecule has 0 unspecified atom stereocenters. The van der Waals surface area contributed by atoms with Gasteiger partial charge in [-0.1, -0.05) is 0 Å². The number of carbonyl (C=O) groups excluding carboxylic acids is 2. The first-order valence-electron chi connectivity index (χ1n) is 9.33. The van der Waals surface area contributed by atoms with Crippen molar-refractivity contribution in [1.29, 1.82) is 0 Å². The highest BCUT2D eigenvalue weighted by Crippen LogP contribution is 2.24. The zero-order valence-corrected chi connectivity index (χ0v) is 15.2. The van der Waals surface area contributed by atoms with Gasteiger partial charge in [0.1, 0.15) is 6.04 Å². The van der Waals surface area contributed by atoms with Crippen LogP contribution in [-0.2, 0) is 16.0 Å². The normalized spacial score (nSPS) is 23.1. The van der Waals surface area contributed by atoms with Crippen LogP contribution in [0.5, 0.6) is 0 Å². The first-order chi connectivity index (χ1) is 12.0. The van der Waals surface area contributed by atoms with Gasteiger partial charge in [-0.25, -0.2) is 4.98 Å². The molecule has 3 heterocycles. The third-order valence-corrected chi connectivity index (χ3v) is 5.46. The van der Waals surface area contributed by atoms with Crippen LogP contribution in [-0.4, -0.2) is 69.8 Å². The molecule has 1 aromatic rings. The third kappa shape index (κ3) is 4.39. The number of aromatic amines is 1. The number of amides is 2. The molecule has 2 amide bonds. The van der Waals surface area contributed by atoms with Gasteiger partial charge in [0.05, 0.1) is 6.33 Å². The molecule has 7 heteroatoms. The van der Waals surface area contributed by atoms with Crippen molar-refractivity contribution in [3.05, 3.63) is 18.2 Å². The van der Waals surface area contributed by atoms with Gasteiger partial charge in [-0.2, -0.15) is 0 Å². The van der Waals surface area contributed by atoms with Crippen molar-refractivity contribution in [3.8, 4) is 0 Å². The Morgan fingerprint density at radius 2 is 2.08 bits per heavy atom. The van der Waals surface area contributed by atoms with Crippen LogP contribution in [0.25, 0.3) is 0 Å². The zero-order valence-electron chi connectivity index (χ0n) is 15.2. The molecule has 2 aliphatic heterocycles. The van der Waals surface area contributed by atoms with E-state index in [1.807, 2.05) is 0 Å². The number of nitrogens with one attached hydrogen (secondary N) is 2. The summed E-state index contributed by atoms with van der Waals surface area (Å²) in [6.07, 6.45) is 6.49. The quantitative estimate of drug-likeness (QED) is 0.825. The lowest BCUT2D eigenvalue weighted by atomic mass is 9.91. The molecular weight excluding hydrogens is 318 g/mol. The van der Waals surface area contributed by atoms with Crippen LogP contribution < -0.4 is 5.32 Å². The lowest BCUT2D eigenvalue weighted by Gasteiger charge is -2.38. The summed E-state index contributed by atoms with van der Waals surface area (Å²) < 4.78 is 0. The Labute approximate surface area is 149 Å². The number of piperidine rings is 1. The van der Waals surface area contributed by atoms with E-state index in [2.05, 4.69) is 34.0 Å². The van der Waals surface area contributed by atoms with Gasteiger partial charge in [0.15, 0.2) is 0 Å². The van der Waals surface area contributed by atoms with Gasteiger partial charge >= 0.3 is 0 Å². The second kappa shape index (κ2) is 7.99. The van der Waals surface area contributed by atoms with Crippen LogP contribution in [0.2, 0.25) is 0 Å². The van der Waals surface area contributed by atoms with E-state index >= 15 is 0 Å². The third-order valence-electron chi connectivity index (χ3n) is 5.46. The fourth-order valence-electron chi connectivity index (χ4n) is 3.86. The summed E-state index contributed by atoms with van der Waals surface area (Å²) in [5.74, 6) is 0.478. The summed E-state index contributed by atoms with van der Waals surface area (Å²) in [6, 6.07) is 0.138. The Kier molecular flexibility index (Phi) is 5.73. The van der Waals surface area contributed by atoms with Gasteiger partial charge < -0.3 is 20.1 Å². The van der Waals surface area contributed by atoms with Crippen LogP contribution in [0.4, 0.5) is 0 Å². The summed E-state index contributed by atoms with van der Waals surface area (Å²) >= 11 is 0. The Morgan fingerprint density at radius 1 is 1.32 bits per heavy atom. The van der Waals surface area contributed by atoms with Crippen LogP contribution in [0, 0.1) is 5.92 Å².